The molecule has 5 heteroatoms. The number of Topliss-reactive ketones (excluding diaryl/α,β-unsaturated/α-hetero) is 1. The van der Waals surface area contributed by atoms with Gasteiger partial charge >= 0.3 is 0 Å². The number of ether oxygens (including phenoxy) is 1. The molecule has 0 atom stereocenters. The molecule has 0 N–H and O–H groups in total. The number of hydrogen-bond donors (Lipinski definition) is 0. The minimum absolute atomic E-state index is 0.152. The van der Waals surface area contributed by atoms with E-state index >= 15 is 0 Å². The summed E-state index contributed by atoms with van der Waals surface area (Å²) in [4.78, 5) is 12.1. The molecule has 0 aliphatic rings. The van der Waals surface area contributed by atoms with Crippen molar-refractivity contribution in [2.45, 2.75) is 39.2 Å². The average Bonchev–Trinajstić information content (AvgIpc) is 2.68. The molecule has 96 valence electrons. The third-order valence-electron chi connectivity index (χ3n) is 2.57. The summed E-state index contributed by atoms with van der Waals surface area (Å²) in [7, 11) is 1.64. The summed E-state index contributed by atoms with van der Waals surface area (Å²) in [6, 6.07) is 0. The van der Waals surface area contributed by atoms with Crippen LogP contribution in [0.2, 0.25) is 0 Å². The van der Waals surface area contributed by atoms with Crippen LogP contribution in [0, 0.1) is 0 Å². The van der Waals surface area contributed by atoms with Gasteiger partial charge in [0.25, 0.3) is 0 Å². The van der Waals surface area contributed by atoms with Crippen molar-refractivity contribution in [3.63, 3.8) is 0 Å². The van der Waals surface area contributed by atoms with E-state index in [4.69, 9.17) is 4.74 Å². The molecule has 0 fully saturated rings. The van der Waals surface area contributed by atoms with Crippen molar-refractivity contribution in [2.24, 2.45) is 0 Å². The molecule has 17 heavy (non-hydrogen) atoms. The summed E-state index contributed by atoms with van der Waals surface area (Å²) >= 11 is 3.37. The lowest BCUT2D eigenvalue weighted by Crippen LogP contribution is -2.14. The number of aromatic nitrogens is 2. The number of rotatable bonds is 8. The molecule has 1 rings (SSSR count). The number of nitrogens with zero attached hydrogens (tertiary/aromatic N) is 2. The summed E-state index contributed by atoms with van der Waals surface area (Å²) in [5, 5.41) is 4.17. The molecule has 1 aromatic rings. The van der Waals surface area contributed by atoms with Crippen molar-refractivity contribution < 1.29 is 9.53 Å². The van der Waals surface area contributed by atoms with Gasteiger partial charge in [-0.3, -0.25) is 9.48 Å². The summed E-state index contributed by atoms with van der Waals surface area (Å²) < 4.78 is 7.48. The van der Waals surface area contributed by atoms with Crippen LogP contribution < -0.4 is 0 Å². The van der Waals surface area contributed by atoms with Gasteiger partial charge in [0.2, 0.25) is 0 Å². The molecule has 0 radical (unpaired) electrons. The molecule has 0 aliphatic heterocycles. The van der Waals surface area contributed by atoms with Crippen LogP contribution in [-0.4, -0.2) is 29.3 Å². The zero-order chi connectivity index (χ0) is 12.7. The second-order valence-corrected chi connectivity index (χ2v) is 4.79. The predicted octanol–water partition coefficient (Wildman–Crippen LogP) is 3.06. The first-order chi connectivity index (χ1) is 8.20. The van der Waals surface area contributed by atoms with Crippen molar-refractivity contribution in [1.29, 1.82) is 0 Å². The lowest BCUT2D eigenvalue weighted by Gasteiger charge is -2.06. The van der Waals surface area contributed by atoms with E-state index in [0.717, 1.165) is 23.7 Å². The predicted molar refractivity (Wildman–Crippen MR) is 70.3 cm³/mol. The minimum atomic E-state index is 0.152. The van der Waals surface area contributed by atoms with Crippen LogP contribution in [0.15, 0.2) is 10.7 Å². The fourth-order valence-electron chi connectivity index (χ4n) is 1.64. The van der Waals surface area contributed by atoms with Gasteiger partial charge in [-0.2, -0.15) is 5.10 Å². The highest BCUT2D eigenvalue weighted by Gasteiger charge is 2.16. The van der Waals surface area contributed by atoms with E-state index in [1.165, 1.54) is 0 Å². The Kier molecular flexibility index (Phi) is 6.44. The number of ketones is 1. The zero-order valence-corrected chi connectivity index (χ0v) is 12.0. The van der Waals surface area contributed by atoms with Crippen molar-refractivity contribution in [3.05, 3.63) is 16.4 Å². The van der Waals surface area contributed by atoms with Gasteiger partial charge in [-0.1, -0.05) is 19.8 Å². The number of hydrogen-bond acceptors (Lipinski definition) is 3. The number of halogens is 1. The Labute approximate surface area is 110 Å². The molecule has 0 spiro atoms. The summed E-state index contributed by atoms with van der Waals surface area (Å²) in [5.74, 6) is 0.152. The van der Waals surface area contributed by atoms with Crippen LogP contribution in [0.5, 0.6) is 0 Å². The van der Waals surface area contributed by atoms with Crippen LogP contribution in [0.25, 0.3) is 0 Å². The van der Waals surface area contributed by atoms with E-state index in [1.54, 1.807) is 18.0 Å². The van der Waals surface area contributed by atoms with Crippen molar-refractivity contribution >= 4 is 21.7 Å². The van der Waals surface area contributed by atoms with Crippen LogP contribution in [0.1, 0.15) is 43.1 Å². The van der Waals surface area contributed by atoms with Crippen LogP contribution >= 0.6 is 15.9 Å². The lowest BCUT2D eigenvalue weighted by atomic mass is 10.1. The standard InChI is InChI=1S/C12H19BrN2O2/c1-3-4-5-6-11(16)12-10(13)9-14-15(12)7-8-17-2/h9H,3-8H2,1-2H3. The first-order valence-electron chi connectivity index (χ1n) is 5.94. The maximum absolute atomic E-state index is 12.1. The Morgan fingerprint density at radius 2 is 2.29 bits per heavy atom. The summed E-state index contributed by atoms with van der Waals surface area (Å²) in [5.41, 5.74) is 0.665. The smallest absolute Gasteiger partial charge is 0.182 e. The molecule has 0 aliphatic carbocycles. The molecule has 0 unspecified atom stereocenters. The Morgan fingerprint density at radius 3 is 2.94 bits per heavy atom. The van der Waals surface area contributed by atoms with Crippen molar-refractivity contribution in [3.8, 4) is 0 Å². The third kappa shape index (κ3) is 4.24. The molecule has 0 aromatic carbocycles. The molecule has 1 aromatic heterocycles. The van der Waals surface area contributed by atoms with Gasteiger partial charge < -0.3 is 4.74 Å². The number of unbranched alkanes of at least 4 members (excludes halogenated alkanes) is 2. The average molecular weight is 303 g/mol. The van der Waals surface area contributed by atoms with Gasteiger partial charge in [0.1, 0.15) is 5.69 Å². The number of methoxy groups -OCH3 is 1. The minimum Gasteiger partial charge on any atom is -0.383 e. The normalized spacial score (nSPS) is 10.8. The van der Waals surface area contributed by atoms with Crippen LogP contribution in [0.4, 0.5) is 0 Å². The van der Waals surface area contributed by atoms with E-state index < -0.39 is 0 Å². The Bertz CT molecular complexity index is 363. The summed E-state index contributed by atoms with van der Waals surface area (Å²) in [6.07, 6.45) is 5.41. The molecule has 0 bridgehead atoms. The topological polar surface area (TPSA) is 44.1 Å². The molecule has 1 heterocycles. The highest BCUT2D eigenvalue weighted by atomic mass is 79.9. The van der Waals surface area contributed by atoms with Crippen LogP contribution in [-0.2, 0) is 11.3 Å². The lowest BCUT2D eigenvalue weighted by molar-refractivity contribution is 0.0964. The Balaban J connectivity index is 2.66. The summed E-state index contributed by atoms with van der Waals surface area (Å²) in [6.45, 7) is 3.30. The molecular weight excluding hydrogens is 284 g/mol. The van der Waals surface area contributed by atoms with Crippen molar-refractivity contribution in [2.75, 3.05) is 13.7 Å². The van der Waals surface area contributed by atoms with Gasteiger partial charge in [-0.15, -0.1) is 0 Å². The SMILES string of the molecule is CCCCCC(=O)c1c(Br)cnn1CCOC. The highest BCUT2D eigenvalue weighted by Crippen LogP contribution is 2.19. The Morgan fingerprint density at radius 1 is 1.53 bits per heavy atom. The second kappa shape index (κ2) is 7.61. The maximum Gasteiger partial charge on any atom is 0.182 e. The van der Waals surface area contributed by atoms with Gasteiger partial charge in [0.05, 0.1) is 23.8 Å². The van der Waals surface area contributed by atoms with E-state index in [2.05, 4.69) is 28.0 Å². The van der Waals surface area contributed by atoms with E-state index in [1.807, 2.05) is 0 Å². The number of carbonyl (C=O) groups is 1. The van der Waals surface area contributed by atoms with E-state index in [9.17, 15) is 4.79 Å². The van der Waals surface area contributed by atoms with Crippen LogP contribution in [0.3, 0.4) is 0 Å². The zero-order valence-electron chi connectivity index (χ0n) is 10.4. The second-order valence-electron chi connectivity index (χ2n) is 3.94. The Hall–Kier alpha value is -0.680. The van der Waals surface area contributed by atoms with E-state index in [0.29, 0.717) is 25.3 Å². The molecule has 0 saturated carbocycles. The van der Waals surface area contributed by atoms with Gasteiger partial charge in [0.15, 0.2) is 5.78 Å². The largest absolute Gasteiger partial charge is 0.383 e. The van der Waals surface area contributed by atoms with Gasteiger partial charge in [0, 0.05) is 13.5 Å². The first kappa shape index (κ1) is 14.4. The maximum atomic E-state index is 12.1. The van der Waals surface area contributed by atoms with Gasteiger partial charge in [-0.05, 0) is 22.4 Å². The fraction of sp³-hybridized carbons (Fsp3) is 0.667. The molecule has 0 saturated heterocycles. The quantitative estimate of drug-likeness (QED) is 0.547. The van der Waals surface area contributed by atoms with Crippen molar-refractivity contribution in [1.82, 2.24) is 9.78 Å². The van der Waals surface area contributed by atoms with E-state index in [-0.39, 0.29) is 5.78 Å². The third-order valence-corrected chi connectivity index (χ3v) is 3.15. The first-order valence-corrected chi connectivity index (χ1v) is 6.73. The molecule has 0 amide bonds. The highest BCUT2D eigenvalue weighted by molar-refractivity contribution is 9.10. The monoisotopic (exact) mass is 302 g/mol. The number of carbonyl (C=O) groups excluding carboxylic acids is 1. The van der Waals surface area contributed by atoms with Gasteiger partial charge in [-0.25, -0.2) is 0 Å². The fourth-order valence-corrected chi connectivity index (χ4v) is 2.16. The molecule has 4 nitrogen and oxygen atoms in total. The molecular formula is C12H19BrN2O2.